The molecule has 0 aromatic carbocycles. The van der Waals surface area contributed by atoms with Crippen LogP contribution in [0.15, 0.2) is 18.3 Å². The van der Waals surface area contributed by atoms with E-state index in [1.54, 1.807) is 0 Å². The molecule has 0 radical (unpaired) electrons. The van der Waals surface area contributed by atoms with E-state index in [1.807, 2.05) is 6.20 Å². The lowest BCUT2D eigenvalue weighted by molar-refractivity contribution is 0.258. The number of nitrogens with two attached hydrogens (primary N) is 1. The standard InChI is InChI=1S/C15H26N4/c1-3-7-18-8-10-19(11-9-18)13-5-6-15(17-12-13)14(16)4-2/h5-6,12,14H,3-4,7-11,16H2,1-2H3/t14-/m0/s1. The average molecular weight is 262 g/mol. The molecule has 1 atom stereocenters. The van der Waals surface area contributed by atoms with E-state index in [9.17, 15) is 0 Å². The highest BCUT2D eigenvalue weighted by molar-refractivity contribution is 5.45. The van der Waals surface area contributed by atoms with Gasteiger partial charge in [-0.2, -0.15) is 0 Å². The second-order valence-corrected chi connectivity index (χ2v) is 5.28. The van der Waals surface area contributed by atoms with Crippen LogP contribution in [-0.4, -0.2) is 42.6 Å². The Labute approximate surface area is 116 Å². The van der Waals surface area contributed by atoms with Crippen molar-refractivity contribution in [1.29, 1.82) is 0 Å². The van der Waals surface area contributed by atoms with Gasteiger partial charge in [-0.15, -0.1) is 0 Å². The highest BCUT2D eigenvalue weighted by Crippen LogP contribution is 2.18. The van der Waals surface area contributed by atoms with Gasteiger partial charge in [0.05, 0.1) is 17.6 Å². The van der Waals surface area contributed by atoms with Crippen molar-refractivity contribution in [3.8, 4) is 0 Å². The van der Waals surface area contributed by atoms with Gasteiger partial charge in [-0.1, -0.05) is 13.8 Å². The van der Waals surface area contributed by atoms with Gasteiger partial charge in [0.15, 0.2) is 0 Å². The summed E-state index contributed by atoms with van der Waals surface area (Å²) in [5.74, 6) is 0. The Morgan fingerprint density at radius 1 is 1.21 bits per heavy atom. The second-order valence-electron chi connectivity index (χ2n) is 5.28. The smallest absolute Gasteiger partial charge is 0.0572 e. The van der Waals surface area contributed by atoms with Crippen molar-refractivity contribution in [2.75, 3.05) is 37.6 Å². The number of anilines is 1. The summed E-state index contributed by atoms with van der Waals surface area (Å²) < 4.78 is 0. The van der Waals surface area contributed by atoms with Crippen molar-refractivity contribution in [3.05, 3.63) is 24.0 Å². The molecule has 19 heavy (non-hydrogen) atoms. The summed E-state index contributed by atoms with van der Waals surface area (Å²) >= 11 is 0. The fourth-order valence-electron chi connectivity index (χ4n) is 2.56. The molecule has 2 heterocycles. The maximum atomic E-state index is 5.99. The van der Waals surface area contributed by atoms with Crippen LogP contribution in [0.1, 0.15) is 38.4 Å². The lowest BCUT2D eigenvalue weighted by Crippen LogP contribution is -2.46. The molecule has 1 aromatic heterocycles. The van der Waals surface area contributed by atoms with Crippen LogP contribution in [0.3, 0.4) is 0 Å². The maximum absolute atomic E-state index is 5.99. The van der Waals surface area contributed by atoms with E-state index in [4.69, 9.17) is 5.73 Å². The third kappa shape index (κ3) is 3.67. The SMILES string of the molecule is CCCN1CCN(c2ccc([C@@H](N)CC)nc2)CC1. The normalized spacial score (nSPS) is 18.6. The summed E-state index contributed by atoms with van der Waals surface area (Å²) in [6.45, 7) is 10.1. The van der Waals surface area contributed by atoms with E-state index >= 15 is 0 Å². The third-order valence-electron chi connectivity index (χ3n) is 3.87. The molecule has 2 N–H and O–H groups in total. The van der Waals surface area contributed by atoms with Gasteiger partial charge in [-0.3, -0.25) is 9.88 Å². The first-order valence-corrected chi connectivity index (χ1v) is 7.43. The minimum atomic E-state index is 0.0652. The van der Waals surface area contributed by atoms with Crippen LogP contribution in [0.2, 0.25) is 0 Å². The Balaban J connectivity index is 1.92. The number of rotatable bonds is 5. The molecule has 0 bridgehead atoms. The van der Waals surface area contributed by atoms with Crippen molar-refractivity contribution < 1.29 is 0 Å². The number of hydrogen-bond acceptors (Lipinski definition) is 4. The molecule has 4 nitrogen and oxygen atoms in total. The maximum Gasteiger partial charge on any atom is 0.0572 e. The monoisotopic (exact) mass is 262 g/mol. The van der Waals surface area contributed by atoms with E-state index < -0.39 is 0 Å². The molecule has 2 rings (SSSR count). The molecule has 0 spiro atoms. The number of piperazine rings is 1. The largest absolute Gasteiger partial charge is 0.368 e. The van der Waals surface area contributed by atoms with Crippen LogP contribution in [-0.2, 0) is 0 Å². The lowest BCUT2D eigenvalue weighted by Gasteiger charge is -2.35. The van der Waals surface area contributed by atoms with E-state index in [-0.39, 0.29) is 6.04 Å². The Kier molecular flexibility index (Phi) is 5.16. The van der Waals surface area contributed by atoms with Gasteiger partial charge < -0.3 is 10.6 Å². The first kappa shape index (κ1) is 14.3. The number of pyridine rings is 1. The van der Waals surface area contributed by atoms with Crippen molar-refractivity contribution in [3.63, 3.8) is 0 Å². The van der Waals surface area contributed by atoms with Crippen molar-refractivity contribution in [2.45, 2.75) is 32.7 Å². The fourth-order valence-corrected chi connectivity index (χ4v) is 2.56. The van der Waals surface area contributed by atoms with Crippen molar-refractivity contribution >= 4 is 5.69 Å². The Bertz CT molecular complexity index is 368. The zero-order chi connectivity index (χ0) is 13.7. The predicted octanol–water partition coefficient (Wildman–Crippen LogP) is 2.02. The topological polar surface area (TPSA) is 45.4 Å². The Hall–Kier alpha value is -1.13. The van der Waals surface area contributed by atoms with Gasteiger partial charge in [0, 0.05) is 32.2 Å². The van der Waals surface area contributed by atoms with Crippen LogP contribution < -0.4 is 10.6 Å². The number of hydrogen-bond donors (Lipinski definition) is 1. The minimum Gasteiger partial charge on any atom is -0.368 e. The highest BCUT2D eigenvalue weighted by Gasteiger charge is 2.16. The van der Waals surface area contributed by atoms with Crippen LogP contribution in [0.5, 0.6) is 0 Å². The van der Waals surface area contributed by atoms with Gasteiger partial charge in [0.2, 0.25) is 0 Å². The molecule has 4 heteroatoms. The van der Waals surface area contributed by atoms with E-state index in [2.05, 4.69) is 40.8 Å². The Morgan fingerprint density at radius 3 is 2.47 bits per heavy atom. The molecule has 0 saturated carbocycles. The third-order valence-corrected chi connectivity index (χ3v) is 3.87. The zero-order valence-electron chi connectivity index (χ0n) is 12.2. The van der Waals surface area contributed by atoms with E-state index in [0.29, 0.717) is 0 Å². The first-order valence-electron chi connectivity index (χ1n) is 7.43. The van der Waals surface area contributed by atoms with Gasteiger partial charge in [-0.25, -0.2) is 0 Å². The minimum absolute atomic E-state index is 0.0652. The molecular formula is C15H26N4. The molecule has 0 unspecified atom stereocenters. The van der Waals surface area contributed by atoms with Crippen LogP contribution in [0, 0.1) is 0 Å². The summed E-state index contributed by atoms with van der Waals surface area (Å²) in [5, 5.41) is 0. The molecule has 0 aliphatic carbocycles. The van der Waals surface area contributed by atoms with Gasteiger partial charge >= 0.3 is 0 Å². The fraction of sp³-hybridized carbons (Fsp3) is 0.667. The average Bonchev–Trinajstić information content (AvgIpc) is 2.48. The summed E-state index contributed by atoms with van der Waals surface area (Å²) in [4.78, 5) is 9.45. The first-order chi connectivity index (χ1) is 9.24. The highest BCUT2D eigenvalue weighted by atomic mass is 15.3. The van der Waals surface area contributed by atoms with Gasteiger partial charge in [0.1, 0.15) is 0 Å². The van der Waals surface area contributed by atoms with Crippen LogP contribution in [0.25, 0.3) is 0 Å². The Morgan fingerprint density at radius 2 is 1.95 bits per heavy atom. The van der Waals surface area contributed by atoms with E-state index in [1.165, 1.54) is 18.7 Å². The summed E-state index contributed by atoms with van der Waals surface area (Å²) in [6.07, 6.45) is 4.15. The molecule has 1 saturated heterocycles. The number of nitrogens with zero attached hydrogens (tertiary/aromatic N) is 3. The molecular weight excluding hydrogens is 236 g/mol. The van der Waals surface area contributed by atoms with Crippen molar-refractivity contribution in [1.82, 2.24) is 9.88 Å². The summed E-state index contributed by atoms with van der Waals surface area (Å²) in [7, 11) is 0. The quantitative estimate of drug-likeness (QED) is 0.882. The summed E-state index contributed by atoms with van der Waals surface area (Å²) in [6, 6.07) is 4.30. The predicted molar refractivity (Wildman–Crippen MR) is 80.4 cm³/mol. The molecule has 106 valence electrons. The lowest BCUT2D eigenvalue weighted by atomic mass is 10.1. The van der Waals surface area contributed by atoms with Crippen LogP contribution >= 0.6 is 0 Å². The van der Waals surface area contributed by atoms with Crippen molar-refractivity contribution in [2.24, 2.45) is 5.73 Å². The molecule has 1 aromatic rings. The van der Waals surface area contributed by atoms with E-state index in [0.717, 1.165) is 38.3 Å². The van der Waals surface area contributed by atoms with Gasteiger partial charge in [0.25, 0.3) is 0 Å². The molecule has 1 aliphatic heterocycles. The second kappa shape index (κ2) is 6.87. The summed E-state index contributed by atoms with van der Waals surface area (Å²) in [5.41, 5.74) is 8.21. The zero-order valence-corrected chi connectivity index (χ0v) is 12.2. The van der Waals surface area contributed by atoms with Crippen LogP contribution in [0.4, 0.5) is 5.69 Å². The molecule has 1 fully saturated rings. The number of aromatic nitrogens is 1. The molecule has 0 amide bonds. The van der Waals surface area contributed by atoms with Gasteiger partial charge in [-0.05, 0) is 31.5 Å². The molecule has 1 aliphatic rings.